The molecule has 1 aromatic rings. The summed E-state index contributed by atoms with van der Waals surface area (Å²) in [6.45, 7) is 2.21. The number of nitrogens with two attached hydrogens (primary N) is 1. The van der Waals surface area contributed by atoms with Gasteiger partial charge in [-0.15, -0.1) is 0 Å². The molecule has 3 N–H and O–H groups in total. The largest absolute Gasteiger partial charge is 0.338 e. The smallest absolute Gasteiger partial charge is 0.254 e. The minimum atomic E-state index is -0.0375. The zero-order chi connectivity index (χ0) is 14.7. The number of aromatic nitrogens is 1. The normalized spacial score (nSPS) is 22.4. The summed E-state index contributed by atoms with van der Waals surface area (Å²) < 4.78 is 0. The van der Waals surface area contributed by atoms with Crippen LogP contribution in [0.5, 0.6) is 0 Å². The van der Waals surface area contributed by atoms with Gasteiger partial charge in [0.1, 0.15) is 11.0 Å². The maximum atomic E-state index is 12.6. The van der Waals surface area contributed by atoms with Gasteiger partial charge in [0.15, 0.2) is 0 Å². The average molecular weight is 297 g/mol. The molecule has 5 nitrogen and oxygen atoms in total. The molecular formula is C14H21ClN4O. The molecule has 0 aliphatic heterocycles. The number of nitrogen functional groups attached to an aromatic ring is 1. The molecule has 1 aliphatic carbocycles. The number of amides is 1. The lowest BCUT2D eigenvalue weighted by Gasteiger charge is -2.36. The van der Waals surface area contributed by atoms with Crippen LogP contribution in [0.25, 0.3) is 0 Å². The summed E-state index contributed by atoms with van der Waals surface area (Å²) in [5.41, 5.74) is 2.94. The van der Waals surface area contributed by atoms with Gasteiger partial charge in [0, 0.05) is 18.7 Å². The number of carbonyl (C=O) groups is 1. The SMILES string of the molecule is CC1CCCCC1N(C)C(=O)c1cc(Cl)nc(NN)c1. The van der Waals surface area contributed by atoms with Gasteiger partial charge in [-0.3, -0.25) is 4.79 Å². The van der Waals surface area contributed by atoms with Crippen molar-refractivity contribution in [3.63, 3.8) is 0 Å². The molecule has 1 saturated carbocycles. The van der Waals surface area contributed by atoms with E-state index in [0.717, 1.165) is 6.42 Å². The number of halogens is 1. The first kappa shape index (κ1) is 15.1. The molecule has 0 aromatic carbocycles. The van der Waals surface area contributed by atoms with Crippen molar-refractivity contribution < 1.29 is 4.79 Å². The Morgan fingerprint density at radius 2 is 2.15 bits per heavy atom. The van der Waals surface area contributed by atoms with Crippen LogP contribution in [0.3, 0.4) is 0 Å². The first-order valence-electron chi connectivity index (χ1n) is 6.94. The third-order valence-corrected chi connectivity index (χ3v) is 4.27. The van der Waals surface area contributed by atoms with Gasteiger partial charge in [-0.25, -0.2) is 10.8 Å². The van der Waals surface area contributed by atoms with E-state index in [1.807, 2.05) is 11.9 Å². The van der Waals surface area contributed by atoms with Gasteiger partial charge in [-0.1, -0.05) is 31.4 Å². The van der Waals surface area contributed by atoms with E-state index in [1.54, 1.807) is 12.1 Å². The Bertz CT molecular complexity index is 494. The number of pyridine rings is 1. The number of hydrogen-bond donors (Lipinski definition) is 2. The molecule has 0 radical (unpaired) electrons. The van der Waals surface area contributed by atoms with Crippen LogP contribution in [-0.2, 0) is 0 Å². The van der Waals surface area contributed by atoms with E-state index >= 15 is 0 Å². The zero-order valence-electron chi connectivity index (χ0n) is 11.9. The molecule has 110 valence electrons. The summed E-state index contributed by atoms with van der Waals surface area (Å²) >= 11 is 5.91. The standard InChI is InChI=1S/C14H21ClN4O/c1-9-5-3-4-6-11(9)19(2)14(20)10-7-12(15)17-13(8-10)18-16/h7-9,11H,3-6,16H2,1-2H3,(H,17,18). The number of hydrogen-bond acceptors (Lipinski definition) is 4. The number of carbonyl (C=O) groups excluding carboxylic acids is 1. The van der Waals surface area contributed by atoms with Gasteiger partial charge < -0.3 is 10.3 Å². The van der Waals surface area contributed by atoms with Crippen molar-refractivity contribution >= 4 is 23.3 Å². The van der Waals surface area contributed by atoms with E-state index in [1.165, 1.54) is 19.3 Å². The first-order valence-corrected chi connectivity index (χ1v) is 7.32. The fourth-order valence-electron chi connectivity index (χ4n) is 2.92. The number of anilines is 1. The summed E-state index contributed by atoms with van der Waals surface area (Å²) in [5.74, 6) is 6.22. The Morgan fingerprint density at radius 3 is 2.80 bits per heavy atom. The Labute approximate surface area is 124 Å². The third-order valence-electron chi connectivity index (χ3n) is 4.07. The Kier molecular flexibility index (Phi) is 4.83. The summed E-state index contributed by atoms with van der Waals surface area (Å²) in [7, 11) is 1.86. The zero-order valence-corrected chi connectivity index (χ0v) is 12.7. The minimum Gasteiger partial charge on any atom is -0.338 e. The third kappa shape index (κ3) is 3.22. The summed E-state index contributed by atoms with van der Waals surface area (Å²) in [5, 5.41) is 0.258. The topological polar surface area (TPSA) is 71.2 Å². The molecule has 1 aromatic heterocycles. The van der Waals surface area contributed by atoms with E-state index in [4.69, 9.17) is 17.4 Å². The molecule has 2 atom stereocenters. The Balaban J connectivity index is 2.19. The van der Waals surface area contributed by atoms with E-state index in [2.05, 4.69) is 17.3 Å². The van der Waals surface area contributed by atoms with Crippen LogP contribution in [0, 0.1) is 5.92 Å². The number of nitrogens with one attached hydrogen (secondary N) is 1. The molecule has 1 aliphatic rings. The predicted molar refractivity (Wildman–Crippen MR) is 80.6 cm³/mol. The molecule has 2 rings (SSSR count). The maximum absolute atomic E-state index is 12.6. The minimum absolute atomic E-state index is 0.0375. The second kappa shape index (κ2) is 6.41. The lowest BCUT2D eigenvalue weighted by molar-refractivity contribution is 0.0629. The van der Waals surface area contributed by atoms with Crippen LogP contribution >= 0.6 is 11.6 Å². The number of nitrogens with zero attached hydrogens (tertiary/aromatic N) is 2. The monoisotopic (exact) mass is 296 g/mol. The highest BCUT2D eigenvalue weighted by Gasteiger charge is 2.28. The number of hydrazine groups is 1. The summed E-state index contributed by atoms with van der Waals surface area (Å²) in [6.07, 6.45) is 4.67. The lowest BCUT2D eigenvalue weighted by atomic mass is 9.85. The van der Waals surface area contributed by atoms with E-state index in [0.29, 0.717) is 17.3 Å². The highest BCUT2D eigenvalue weighted by Crippen LogP contribution is 2.28. The average Bonchev–Trinajstić information content (AvgIpc) is 2.45. The van der Waals surface area contributed by atoms with Gasteiger partial charge in [0.2, 0.25) is 0 Å². The van der Waals surface area contributed by atoms with Crippen LogP contribution < -0.4 is 11.3 Å². The predicted octanol–water partition coefficient (Wildman–Crippen LogP) is 2.67. The van der Waals surface area contributed by atoms with Crippen molar-refractivity contribution in [1.29, 1.82) is 0 Å². The van der Waals surface area contributed by atoms with Crippen molar-refractivity contribution in [3.8, 4) is 0 Å². The van der Waals surface area contributed by atoms with Gasteiger partial charge in [-0.05, 0) is 30.9 Å². The second-order valence-electron chi connectivity index (χ2n) is 5.45. The molecular weight excluding hydrogens is 276 g/mol. The van der Waals surface area contributed by atoms with E-state index in [9.17, 15) is 4.79 Å². The molecule has 1 fully saturated rings. The Morgan fingerprint density at radius 1 is 1.45 bits per heavy atom. The summed E-state index contributed by atoms with van der Waals surface area (Å²) in [4.78, 5) is 18.4. The quantitative estimate of drug-likeness (QED) is 0.511. The molecule has 1 heterocycles. The molecule has 0 spiro atoms. The van der Waals surface area contributed by atoms with Crippen LogP contribution in [0.1, 0.15) is 43.0 Å². The van der Waals surface area contributed by atoms with Crippen molar-refractivity contribution in [2.45, 2.75) is 38.6 Å². The highest BCUT2D eigenvalue weighted by molar-refractivity contribution is 6.29. The molecule has 20 heavy (non-hydrogen) atoms. The number of rotatable bonds is 3. The van der Waals surface area contributed by atoms with Crippen molar-refractivity contribution in [2.75, 3.05) is 12.5 Å². The second-order valence-corrected chi connectivity index (χ2v) is 5.84. The van der Waals surface area contributed by atoms with Crippen molar-refractivity contribution in [2.24, 2.45) is 11.8 Å². The lowest BCUT2D eigenvalue weighted by Crippen LogP contribution is -2.42. The van der Waals surface area contributed by atoms with Crippen LogP contribution in [-0.4, -0.2) is 28.9 Å². The van der Waals surface area contributed by atoms with Gasteiger partial charge in [0.25, 0.3) is 5.91 Å². The fourth-order valence-corrected chi connectivity index (χ4v) is 3.13. The summed E-state index contributed by atoms with van der Waals surface area (Å²) in [6, 6.07) is 3.49. The molecule has 2 unspecified atom stereocenters. The highest BCUT2D eigenvalue weighted by atomic mass is 35.5. The van der Waals surface area contributed by atoms with E-state index in [-0.39, 0.29) is 17.1 Å². The van der Waals surface area contributed by atoms with Crippen molar-refractivity contribution in [3.05, 3.63) is 22.8 Å². The molecule has 6 heteroatoms. The van der Waals surface area contributed by atoms with Crippen molar-refractivity contribution in [1.82, 2.24) is 9.88 Å². The molecule has 0 saturated heterocycles. The molecule has 1 amide bonds. The van der Waals surface area contributed by atoms with Crippen LogP contribution in [0.15, 0.2) is 12.1 Å². The van der Waals surface area contributed by atoms with Crippen LogP contribution in [0.4, 0.5) is 5.82 Å². The van der Waals surface area contributed by atoms with Gasteiger partial charge in [-0.2, -0.15) is 0 Å². The van der Waals surface area contributed by atoms with Crippen LogP contribution in [0.2, 0.25) is 5.15 Å². The first-order chi connectivity index (χ1) is 9.52. The van der Waals surface area contributed by atoms with Gasteiger partial charge >= 0.3 is 0 Å². The van der Waals surface area contributed by atoms with E-state index < -0.39 is 0 Å². The maximum Gasteiger partial charge on any atom is 0.254 e. The van der Waals surface area contributed by atoms with Gasteiger partial charge in [0.05, 0.1) is 0 Å². The molecule has 0 bridgehead atoms. The Hall–Kier alpha value is -1.33. The fraction of sp³-hybridized carbons (Fsp3) is 0.571.